The van der Waals surface area contributed by atoms with Crippen LogP contribution < -0.4 is 10.9 Å². The molecule has 3 rings (SSSR count). The third-order valence-electron chi connectivity index (χ3n) is 4.27. The second-order valence-corrected chi connectivity index (χ2v) is 6.47. The molecular formula is C13H18ClN3O. The number of hydrogen-bond acceptors (Lipinski definition) is 3. The summed E-state index contributed by atoms with van der Waals surface area (Å²) in [4.78, 5) is 16.4. The summed E-state index contributed by atoms with van der Waals surface area (Å²) in [5.41, 5.74) is 0.00413. The van der Waals surface area contributed by atoms with Gasteiger partial charge in [-0.15, -0.1) is 11.6 Å². The van der Waals surface area contributed by atoms with Crippen LogP contribution in [0.5, 0.6) is 0 Å². The van der Waals surface area contributed by atoms with E-state index in [-0.39, 0.29) is 22.4 Å². The molecule has 0 aliphatic heterocycles. The van der Waals surface area contributed by atoms with Crippen molar-refractivity contribution in [1.29, 1.82) is 0 Å². The Labute approximate surface area is 111 Å². The SMILES string of the molecule is CC1(C)C(Cl)CC1Nc1nccn(C2CC2)c1=O. The normalized spacial score (nSPS) is 29.7. The van der Waals surface area contributed by atoms with Gasteiger partial charge in [0, 0.05) is 35.3 Å². The molecule has 1 aromatic rings. The van der Waals surface area contributed by atoms with Crippen molar-refractivity contribution in [1.82, 2.24) is 9.55 Å². The highest BCUT2D eigenvalue weighted by Gasteiger charge is 2.47. The molecule has 4 nitrogen and oxygen atoms in total. The average molecular weight is 268 g/mol. The van der Waals surface area contributed by atoms with Gasteiger partial charge in [-0.3, -0.25) is 4.79 Å². The Balaban J connectivity index is 1.81. The molecule has 1 N–H and O–H groups in total. The Hall–Kier alpha value is -1.03. The molecule has 1 heterocycles. The first kappa shape index (κ1) is 12.0. The molecule has 18 heavy (non-hydrogen) atoms. The highest BCUT2D eigenvalue weighted by Crippen LogP contribution is 2.45. The first-order valence-electron chi connectivity index (χ1n) is 6.48. The van der Waals surface area contributed by atoms with E-state index in [0.29, 0.717) is 11.9 Å². The molecule has 2 fully saturated rings. The van der Waals surface area contributed by atoms with Gasteiger partial charge in [-0.25, -0.2) is 4.98 Å². The summed E-state index contributed by atoms with van der Waals surface area (Å²) in [6.45, 7) is 4.24. The van der Waals surface area contributed by atoms with Crippen LogP contribution in [0.4, 0.5) is 5.82 Å². The van der Waals surface area contributed by atoms with E-state index >= 15 is 0 Å². The zero-order chi connectivity index (χ0) is 12.9. The van der Waals surface area contributed by atoms with Crippen molar-refractivity contribution in [3.8, 4) is 0 Å². The van der Waals surface area contributed by atoms with E-state index in [1.807, 2.05) is 0 Å². The molecule has 0 bridgehead atoms. The van der Waals surface area contributed by atoms with Gasteiger partial charge in [-0.2, -0.15) is 0 Å². The molecule has 5 heteroatoms. The zero-order valence-corrected chi connectivity index (χ0v) is 11.4. The molecular weight excluding hydrogens is 250 g/mol. The van der Waals surface area contributed by atoms with E-state index in [0.717, 1.165) is 19.3 Å². The molecule has 2 aliphatic rings. The van der Waals surface area contributed by atoms with Crippen LogP contribution in [0.15, 0.2) is 17.2 Å². The van der Waals surface area contributed by atoms with Crippen molar-refractivity contribution in [3.05, 3.63) is 22.7 Å². The second kappa shape index (κ2) is 3.98. The van der Waals surface area contributed by atoms with Crippen LogP contribution >= 0.6 is 11.6 Å². The molecule has 0 saturated heterocycles. The number of nitrogens with one attached hydrogen (secondary N) is 1. The lowest BCUT2D eigenvalue weighted by molar-refractivity contribution is 0.168. The number of hydrogen-bond donors (Lipinski definition) is 1. The van der Waals surface area contributed by atoms with Crippen LogP contribution in [-0.2, 0) is 0 Å². The van der Waals surface area contributed by atoms with E-state index in [1.165, 1.54) is 0 Å². The number of aromatic nitrogens is 2. The summed E-state index contributed by atoms with van der Waals surface area (Å²) in [6.07, 6.45) is 6.56. The lowest BCUT2D eigenvalue weighted by atomic mass is 9.67. The first-order valence-corrected chi connectivity index (χ1v) is 6.91. The zero-order valence-electron chi connectivity index (χ0n) is 10.7. The summed E-state index contributed by atoms with van der Waals surface area (Å²) in [5, 5.41) is 3.43. The molecule has 2 saturated carbocycles. The highest BCUT2D eigenvalue weighted by molar-refractivity contribution is 6.21. The van der Waals surface area contributed by atoms with Crippen molar-refractivity contribution >= 4 is 17.4 Å². The van der Waals surface area contributed by atoms with E-state index in [9.17, 15) is 4.79 Å². The Morgan fingerprint density at radius 3 is 2.78 bits per heavy atom. The third-order valence-corrected chi connectivity index (χ3v) is 5.01. The summed E-state index contributed by atoms with van der Waals surface area (Å²) >= 11 is 6.19. The maximum atomic E-state index is 12.2. The minimum atomic E-state index is -0.00572. The van der Waals surface area contributed by atoms with Crippen LogP contribution in [-0.4, -0.2) is 21.0 Å². The van der Waals surface area contributed by atoms with Crippen LogP contribution in [0, 0.1) is 5.41 Å². The largest absolute Gasteiger partial charge is 0.362 e. The maximum absolute atomic E-state index is 12.2. The van der Waals surface area contributed by atoms with Gasteiger partial charge in [0.1, 0.15) is 0 Å². The molecule has 2 aliphatic carbocycles. The van der Waals surface area contributed by atoms with E-state index in [2.05, 4.69) is 24.1 Å². The van der Waals surface area contributed by atoms with E-state index in [4.69, 9.17) is 11.6 Å². The number of halogens is 1. The van der Waals surface area contributed by atoms with Gasteiger partial charge in [0.2, 0.25) is 0 Å². The van der Waals surface area contributed by atoms with Gasteiger partial charge in [0.15, 0.2) is 5.82 Å². The minimum Gasteiger partial charge on any atom is -0.362 e. The Kier molecular flexibility index (Phi) is 2.66. The van der Waals surface area contributed by atoms with Crippen LogP contribution in [0.2, 0.25) is 0 Å². The van der Waals surface area contributed by atoms with Gasteiger partial charge in [0.25, 0.3) is 5.56 Å². The predicted molar refractivity (Wildman–Crippen MR) is 72.2 cm³/mol. The fourth-order valence-electron chi connectivity index (χ4n) is 2.45. The van der Waals surface area contributed by atoms with Crippen molar-refractivity contribution in [3.63, 3.8) is 0 Å². The average Bonchev–Trinajstić information content (AvgIpc) is 3.15. The van der Waals surface area contributed by atoms with E-state index < -0.39 is 0 Å². The molecule has 98 valence electrons. The van der Waals surface area contributed by atoms with Crippen molar-refractivity contribution in [2.24, 2.45) is 5.41 Å². The summed E-state index contributed by atoms with van der Waals surface area (Å²) < 4.78 is 1.79. The third kappa shape index (κ3) is 1.83. The Morgan fingerprint density at radius 2 is 2.22 bits per heavy atom. The lowest BCUT2D eigenvalue weighted by Gasteiger charge is -2.49. The topological polar surface area (TPSA) is 46.9 Å². The summed E-state index contributed by atoms with van der Waals surface area (Å²) in [5.74, 6) is 0.464. The van der Waals surface area contributed by atoms with Gasteiger partial charge < -0.3 is 9.88 Å². The Morgan fingerprint density at radius 1 is 1.50 bits per heavy atom. The van der Waals surface area contributed by atoms with Crippen LogP contribution in [0.3, 0.4) is 0 Å². The van der Waals surface area contributed by atoms with Gasteiger partial charge in [-0.05, 0) is 19.3 Å². The quantitative estimate of drug-likeness (QED) is 0.856. The maximum Gasteiger partial charge on any atom is 0.293 e. The van der Waals surface area contributed by atoms with Crippen molar-refractivity contribution in [2.75, 3.05) is 5.32 Å². The summed E-state index contributed by atoms with van der Waals surface area (Å²) in [7, 11) is 0. The molecule has 2 unspecified atom stereocenters. The number of alkyl halides is 1. The molecule has 0 radical (unpaired) electrons. The molecule has 0 spiro atoms. The molecule has 0 amide bonds. The smallest absolute Gasteiger partial charge is 0.293 e. The predicted octanol–water partition coefficient (Wildman–Crippen LogP) is 2.40. The minimum absolute atomic E-state index is 0.00572. The lowest BCUT2D eigenvalue weighted by Crippen LogP contribution is -2.55. The van der Waals surface area contributed by atoms with Gasteiger partial charge in [-0.1, -0.05) is 13.8 Å². The standard InChI is InChI=1S/C13H18ClN3O/c1-13(2)9(14)7-10(13)16-11-12(18)17(6-5-15-11)8-3-4-8/h5-6,8-10H,3-4,7H2,1-2H3,(H,15,16). The van der Waals surface area contributed by atoms with E-state index in [1.54, 1.807) is 17.0 Å². The number of nitrogens with zero attached hydrogens (tertiary/aromatic N) is 2. The first-order chi connectivity index (χ1) is 8.50. The Bertz CT molecular complexity index is 521. The number of anilines is 1. The highest BCUT2D eigenvalue weighted by atomic mass is 35.5. The van der Waals surface area contributed by atoms with Crippen molar-refractivity contribution in [2.45, 2.75) is 50.6 Å². The molecule has 1 aromatic heterocycles. The van der Waals surface area contributed by atoms with Crippen LogP contribution in [0.25, 0.3) is 0 Å². The second-order valence-electron chi connectivity index (χ2n) is 5.94. The summed E-state index contributed by atoms with van der Waals surface area (Å²) in [6, 6.07) is 0.617. The van der Waals surface area contributed by atoms with Gasteiger partial charge in [0.05, 0.1) is 0 Å². The van der Waals surface area contributed by atoms with Gasteiger partial charge >= 0.3 is 0 Å². The number of rotatable bonds is 3. The molecule has 2 atom stereocenters. The van der Waals surface area contributed by atoms with Crippen LogP contribution in [0.1, 0.15) is 39.2 Å². The fraction of sp³-hybridized carbons (Fsp3) is 0.692. The monoisotopic (exact) mass is 267 g/mol. The molecule has 0 aromatic carbocycles. The van der Waals surface area contributed by atoms with Crippen molar-refractivity contribution < 1.29 is 0 Å². The fourth-order valence-corrected chi connectivity index (χ4v) is 2.78.